The summed E-state index contributed by atoms with van der Waals surface area (Å²) in [7, 11) is 0. The minimum atomic E-state index is -0.314. The molecule has 2 amide bonds. The van der Waals surface area contributed by atoms with E-state index in [9.17, 15) is 9.59 Å². The molecule has 2 aromatic carbocycles. The zero-order chi connectivity index (χ0) is 19.3. The van der Waals surface area contributed by atoms with Crippen LogP contribution in [0.25, 0.3) is 0 Å². The highest BCUT2D eigenvalue weighted by Gasteiger charge is 2.19. The molecule has 0 atom stereocenters. The van der Waals surface area contributed by atoms with Gasteiger partial charge in [-0.15, -0.1) is 0 Å². The van der Waals surface area contributed by atoms with Crippen LogP contribution in [-0.2, 0) is 21.4 Å². The lowest BCUT2D eigenvalue weighted by atomic mass is 9.86. The van der Waals surface area contributed by atoms with Crippen molar-refractivity contribution >= 4 is 23.2 Å². The van der Waals surface area contributed by atoms with Crippen LogP contribution in [0.3, 0.4) is 0 Å². The Morgan fingerprint density at radius 3 is 2.23 bits per heavy atom. The molecule has 0 aliphatic heterocycles. The Labute approximate surface area is 156 Å². The fourth-order valence-electron chi connectivity index (χ4n) is 2.97. The average molecular weight is 352 g/mol. The molecule has 2 N–H and O–H groups in total. The van der Waals surface area contributed by atoms with Gasteiger partial charge in [0.1, 0.15) is 6.42 Å². The summed E-state index contributed by atoms with van der Waals surface area (Å²) < 4.78 is 0. The molecule has 0 aliphatic rings. The van der Waals surface area contributed by atoms with E-state index in [2.05, 4.69) is 31.4 Å². The summed E-state index contributed by atoms with van der Waals surface area (Å²) in [6, 6.07) is 13.6. The van der Waals surface area contributed by atoms with Crippen LogP contribution in [0.2, 0.25) is 0 Å². The van der Waals surface area contributed by atoms with Crippen molar-refractivity contribution in [3.05, 3.63) is 59.2 Å². The lowest BCUT2D eigenvalue weighted by Crippen LogP contribution is -2.24. The summed E-state index contributed by atoms with van der Waals surface area (Å²) in [6.07, 6.45) is 0.610. The first kappa shape index (κ1) is 19.7. The molecule has 0 heterocycles. The van der Waals surface area contributed by atoms with Gasteiger partial charge in [-0.05, 0) is 41.5 Å². The van der Waals surface area contributed by atoms with Gasteiger partial charge in [-0.25, -0.2) is 0 Å². The van der Waals surface area contributed by atoms with Crippen LogP contribution in [0, 0.1) is 6.92 Å². The zero-order valence-corrected chi connectivity index (χ0v) is 16.3. The van der Waals surface area contributed by atoms with E-state index in [1.807, 2.05) is 56.3 Å². The zero-order valence-electron chi connectivity index (χ0n) is 16.3. The van der Waals surface area contributed by atoms with E-state index in [0.29, 0.717) is 0 Å². The second kappa shape index (κ2) is 8.17. The average Bonchev–Trinajstić information content (AvgIpc) is 2.56. The van der Waals surface area contributed by atoms with E-state index in [4.69, 9.17) is 0 Å². The normalized spacial score (nSPS) is 11.1. The number of amides is 2. The highest BCUT2D eigenvalue weighted by molar-refractivity contribution is 6.08. The summed E-state index contributed by atoms with van der Waals surface area (Å²) in [5.74, 6) is -0.620. The van der Waals surface area contributed by atoms with E-state index in [1.54, 1.807) is 0 Å². The molecular formula is C22H28N2O2. The number of anilines is 2. The highest BCUT2D eigenvalue weighted by atomic mass is 16.2. The first-order valence-corrected chi connectivity index (χ1v) is 9.00. The number of nitrogens with one attached hydrogen (secondary N) is 2. The lowest BCUT2D eigenvalue weighted by molar-refractivity contribution is -0.123. The van der Waals surface area contributed by atoms with Crippen molar-refractivity contribution in [1.29, 1.82) is 0 Å². The highest BCUT2D eigenvalue weighted by Crippen LogP contribution is 2.29. The Hall–Kier alpha value is -2.62. The van der Waals surface area contributed by atoms with Gasteiger partial charge in [-0.2, -0.15) is 0 Å². The third-order valence-corrected chi connectivity index (χ3v) is 4.33. The van der Waals surface area contributed by atoms with Gasteiger partial charge in [0.2, 0.25) is 11.8 Å². The van der Waals surface area contributed by atoms with Crippen LogP contribution in [0.5, 0.6) is 0 Å². The summed E-state index contributed by atoms with van der Waals surface area (Å²) in [6.45, 7) is 10.3. The Balaban J connectivity index is 2.07. The predicted molar refractivity (Wildman–Crippen MR) is 108 cm³/mol. The molecule has 2 aromatic rings. The van der Waals surface area contributed by atoms with Crippen molar-refractivity contribution in [3.63, 3.8) is 0 Å². The van der Waals surface area contributed by atoms with E-state index in [1.165, 1.54) is 0 Å². The molecule has 4 nitrogen and oxygen atoms in total. The molecule has 2 rings (SSSR count). The molecule has 0 spiro atoms. The molecule has 0 fully saturated rings. The van der Waals surface area contributed by atoms with E-state index < -0.39 is 0 Å². The van der Waals surface area contributed by atoms with Crippen LogP contribution >= 0.6 is 0 Å². The fourth-order valence-corrected chi connectivity index (χ4v) is 2.97. The van der Waals surface area contributed by atoms with Crippen molar-refractivity contribution in [3.8, 4) is 0 Å². The van der Waals surface area contributed by atoms with Gasteiger partial charge in [0.05, 0.1) is 0 Å². The Morgan fingerprint density at radius 1 is 0.923 bits per heavy atom. The molecule has 138 valence electrons. The van der Waals surface area contributed by atoms with E-state index in [-0.39, 0.29) is 23.7 Å². The summed E-state index contributed by atoms with van der Waals surface area (Å²) in [5.41, 5.74) is 4.57. The fraction of sp³-hybridized carbons (Fsp3) is 0.364. The molecule has 0 saturated heterocycles. The number of benzene rings is 2. The summed E-state index contributed by atoms with van der Waals surface area (Å²) >= 11 is 0. The maximum atomic E-state index is 12.4. The number of rotatable bonds is 5. The second-order valence-corrected chi connectivity index (χ2v) is 7.53. The van der Waals surface area contributed by atoms with Crippen LogP contribution in [0.1, 0.15) is 50.8 Å². The molecule has 0 saturated carbocycles. The minimum Gasteiger partial charge on any atom is -0.325 e. The molecule has 0 unspecified atom stereocenters. The van der Waals surface area contributed by atoms with Crippen molar-refractivity contribution < 1.29 is 9.59 Å². The Kier molecular flexibility index (Phi) is 6.19. The Morgan fingerprint density at radius 2 is 1.58 bits per heavy atom. The van der Waals surface area contributed by atoms with Gasteiger partial charge in [0.15, 0.2) is 0 Å². The summed E-state index contributed by atoms with van der Waals surface area (Å²) in [4.78, 5) is 24.7. The topological polar surface area (TPSA) is 58.2 Å². The van der Waals surface area contributed by atoms with Crippen LogP contribution in [0.4, 0.5) is 11.4 Å². The number of hydrogen-bond donors (Lipinski definition) is 2. The molecule has 26 heavy (non-hydrogen) atoms. The summed E-state index contributed by atoms with van der Waals surface area (Å²) in [5, 5.41) is 5.77. The van der Waals surface area contributed by atoms with Gasteiger partial charge < -0.3 is 10.6 Å². The van der Waals surface area contributed by atoms with Crippen LogP contribution in [0.15, 0.2) is 42.5 Å². The van der Waals surface area contributed by atoms with Crippen molar-refractivity contribution in [2.75, 3.05) is 10.6 Å². The van der Waals surface area contributed by atoms with Crippen molar-refractivity contribution in [2.45, 2.75) is 52.9 Å². The van der Waals surface area contributed by atoms with Gasteiger partial charge in [0.25, 0.3) is 0 Å². The predicted octanol–water partition coefficient (Wildman–Crippen LogP) is 4.82. The second-order valence-electron chi connectivity index (χ2n) is 7.53. The van der Waals surface area contributed by atoms with Gasteiger partial charge in [0, 0.05) is 11.4 Å². The molecular weight excluding hydrogens is 324 g/mol. The number of hydrogen-bond acceptors (Lipinski definition) is 2. The lowest BCUT2D eigenvalue weighted by Gasteiger charge is -2.23. The maximum absolute atomic E-state index is 12.4. The number of carbonyl (C=O) groups excluding carboxylic acids is 2. The van der Waals surface area contributed by atoms with Gasteiger partial charge in [-0.3, -0.25) is 9.59 Å². The standard InChI is InChI=1S/C22H28N2O2/c1-6-16-11-9-10-15(2)21(16)24-20(26)14-19(25)23-18-13-8-7-12-17(18)22(3,4)5/h7-13H,6,14H2,1-5H3,(H,23,25)(H,24,26). The molecule has 0 bridgehead atoms. The quantitative estimate of drug-likeness (QED) is 0.758. The Bertz CT molecular complexity index is 804. The van der Waals surface area contributed by atoms with Crippen LogP contribution in [-0.4, -0.2) is 11.8 Å². The molecule has 0 aliphatic carbocycles. The van der Waals surface area contributed by atoms with Crippen LogP contribution < -0.4 is 10.6 Å². The molecule has 4 heteroatoms. The monoisotopic (exact) mass is 352 g/mol. The first-order chi connectivity index (χ1) is 12.2. The minimum absolute atomic E-state index is 0.0939. The van der Waals surface area contributed by atoms with Gasteiger partial charge >= 0.3 is 0 Å². The molecule has 0 aromatic heterocycles. The number of para-hydroxylation sites is 2. The third-order valence-electron chi connectivity index (χ3n) is 4.33. The first-order valence-electron chi connectivity index (χ1n) is 9.00. The number of aryl methyl sites for hydroxylation is 2. The molecule has 0 radical (unpaired) electrons. The third kappa shape index (κ3) is 4.94. The maximum Gasteiger partial charge on any atom is 0.233 e. The van der Waals surface area contributed by atoms with Crippen molar-refractivity contribution in [1.82, 2.24) is 0 Å². The largest absolute Gasteiger partial charge is 0.325 e. The smallest absolute Gasteiger partial charge is 0.233 e. The van der Waals surface area contributed by atoms with E-state index >= 15 is 0 Å². The van der Waals surface area contributed by atoms with Crippen molar-refractivity contribution in [2.24, 2.45) is 0 Å². The number of carbonyl (C=O) groups is 2. The van der Waals surface area contributed by atoms with E-state index in [0.717, 1.165) is 34.5 Å². The van der Waals surface area contributed by atoms with Gasteiger partial charge in [-0.1, -0.05) is 64.1 Å². The SMILES string of the molecule is CCc1cccc(C)c1NC(=O)CC(=O)Nc1ccccc1C(C)(C)C.